The van der Waals surface area contributed by atoms with Crippen molar-refractivity contribution in [2.45, 2.75) is 58.9 Å². The topological polar surface area (TPSA) is 51.0 Å². The summed E-state index contributed by atoms with van der Waals surface area (Å²) in [6.45, 7) is 7.22. The molecule has 1 atom stereocenters. The number of hydrogen-bond donors (Lipinski definition) is 0. The molecule has 0 radical (unpaired) electrons. The van der Waals surface area contributed by atoms with Gasteiger partial charge in [0.1, 0.15) is 5.69 Å². The Morgan fingerprint density at radius 1 is 1.35 bits per heavy atom. The van der Waals surface area contributed by atoms with E-state index in [2.05, 4.69) is 41.0 Å². The summed E-state index contributed by atoms with van der Waals surface area (Å²) in [6, 6.07) is 6.51. The van der Waals surface area contributed by atoms with Gasteiger partial charge in [-0.25, -0.2) is 0 Å². The van der Waals surface area contributed by atoms with Gasteiger partial charge in [0.05, 0.1) is 5.69 Å². The maximum absolute atomic E-state index is 13.1. The Bertz CT molecular complexity index is 765. The Hall–Kier alpha value is -2.17. The van der Waals surface area contributed by atoms with Crippen molar-refractivity contribution in [1.82, 2.24) is 19.7 Å². The molecule has 2 aromatic rings. The fourth-order valence-corrected chi connectivity index (χ4v) is 3.89. The molecular weight excluding hydrogens is 324 g/mol. The third-order valence-electron chi connectivity index (χ3n) is 5.13. The van der Waals surface area contributed by atoms with E-state index in [9.17, 15) is 4.79 Å². The predicted octanol–water partition coefficient (Wildman–Crippen LogP) is 3.56. The summed E-state index contributed by atoms with van der Waals surface area (Å²) in [6.07, 6.45) is 6.95. The van der Waals surface area contributed by atoms with Gasteiger partial charge in [0.25, 0.3) is 5.91 Å². The van der Waals surface area contributed by atoms with Gasteiger partial charge in [-0.1, -0.05) is 13.8 Å². The molecule has 1 aliphatic rings. The predicted molar refractivity (Wildman–Crippen MR) is 103 cm³/mol. The first-order valence-electron chi connectivity index (χ1n) is 9.69. The number of nitrogens with zero attached hydrogens (tertiary/aromatic N) is 4. The molecule has 0 aromatic carbocycles. The average Bonchev–Trinajstić information content (AvgIpc) is 3.18. The molecule has 5 heteroatoms. The molecule has 0 aliphatic carbocycles. The van der Waals surface area contributed by atoms with Crippen LogP contribution in [-0.4, -0.2) is 38.2 Å². The van der Waals surface area contributed by atoms with Crippen LogP contribution in [0.25, 0.3) is 0 Å². The molecule has 0 unspecified atom stereocenters. The number of carbonyl (C=O) groups is 1. The number of hydrogen-bond acceptors (Lipinski definition) is 3. The molecule has 1 saturated heterocycles. The van der Waals surface area contributed by atoms with E-state index in [1.54, 1.807) is 4.68 Å². The first-order valence-corrected chi connectivity index (χ1v) is 9.69. The van der Waals surface area contributed by atoms with Crippen LogP contribution in [0, 0.1) is 12.8 Å². The van der Waals surface area contributed by atoms with Crippen LogP contribution in [0.3, 0.4) is 0 Å². The highest BCUT2D eigenvalue weighted by Crippen LogP contribution is 2.24. The van der Waals surface area contributed by atoms with Gasteiger partial charge < -0.3 is 4.90 Å². The minimum atomic E-state index is 0.128. The molecule has 3 heterocycles. The van der Waals surface area contributed by atoms with Crippen LogP contribution < -0.4 is 0 Å². The second kappa shape index (κ2) is 8.02. The van der Waals surface area contributed by atoms with E-state index in [1.807, 2.05) is 26.2 Å². The molecule has 0 N–H and O–H groups in total. The van der Waals surface area contributed by atoms with Gasteiger partial charge in [0, 0.05) is 31.5 Å². The third-order valence-corrected chi connectivity index (χ3v) is 5.13. The summed E-state index contributed by atoms with van der Waals surface area (Å²) in [4.78, 5) is 19.4. The van der Waals surface area contributed by atoms with Crippen LogP contribution in [0.1, 0.15) is 60.5 Å². The summed E-state index contributed by atoms with van der Waals surface area (Å²) < 4.78 is 1.75. The molecule has 0 saturated carbocycles. The van der Waals surface area contributed by atoms with Crippen molar-refractivity contribution in [1.29, 1.82) is 0 Å². The van der Waals surface area contributed by atoms with E-state index in [0.717, 1.165) is 50.0 Å². The standard InChI is InChI=1S/C21H30N4O/c1-15(2)12-18-14-20(24(4)23-18)21(26)25-11-5-6-19(25)8-7-17-9-10-22-16(3)13-17/h9-10,13-15,19H,5-8,11-12H2,1-4H3/t19-/m1/s1. The average molecular weight is 354 g/mol. The lowest BCUT2D eigenvalue weighted by Crippen LogP contribution is -2.36. The molecule has 3 rings (SSSR count). The number of amides is 1. The Labute approximate surface area is 156 Å². The zero-order valence-electron chi connectivity index (χ0n) is 16.4. The zero-order chi connectivity index (χ0) is 18.7. The fraction of sp³-hybridized carbons (Fsp3) is 0.571. The monoisotopic (exact) mass is 354 g/mol. The molecular formula is C21H30N4O. The molecule has 26 heavy (non-hydrogen) atoms. The molecule has 1 fully saturated rings. The van der Waals surface area contributed by atoms with Gasteiger partial charge >= 0.3 is 0 Å². The highest BCUT2D eigenvalue weighted by atomic mass is 16.2. The lowest BCUT2D eigenvalue weighted by atomic mass is 10.0. The lowest BCUT2D eigenvalue weighted by molar-refractivity contribution is 0.0719. The van der Waals surface area contributed by atoms with Crippen molar-refractivity contribution in [2.75, 3.05) is 6.54 Å². The van der Waals surface area contributed by atoms with E-state index in [0.29, 0.717) is 17.7 Å². The molecule has 140 valence electrons. The largest absolute Gasteiger partial charge is 0.334 e. The van der Waals surface area contributed by atoms with E-state index in [4.69, 9.17) is 0 Å². The first-order chi connectivity index (χ1) is 12.4. The normalized spacial score (nSPS) is 17.3. The van der Waals surface area contributed by atoms with E-state index >= 15 is 0 Å². The van der Waals surface area contributed by atoms with E-state index < -0.39 is 0 Å². The van der Waals surface area contributed by atoms with Crippen molar-refractivity contribution in [3.05, 3.63) is 47.0 Å². The Balaban J connectivity index is 1.67. The van der Waals surface area contributed by atoms with Gasteiger partial charge in [-0.15, -0.1) is 0 Å². The summed E-state index contributed by atoms with van der Waals surface area (Å²) in [5.41, 5.74) is 4.08. The quantitative estimate of drug-likeness (QED) is 0.797. The van der Waals surface area contributed by atoms with Crippen LogP contribution in [0.5, 0.6) is 0 Å². The Kier molecular flexibility index (Phi) is 5.74. The fourth-order valence-electron chi connectivity index (χ4n) is 3.89. The van der Waals surface area contributed by atoms with Gasteiger partial charge in [0.15, 0.2) is 0 Å². The summed E-state index contributed by atoms with van der Waals surface area (Å²) in [5.74, 6) is 0.666. The molecule has 5 nitrogen and oxygen atoms in total. The Morgan fingerprint density at radius 2 is 2.15 bits per heavy atom. The van der Waals surface area contributed by atoms with Crippen LogP contribution in [0.15, 0.2) is 24.4 Å². The summed E-state index contributed by atoms with van der Waals surface area (Å²) in [5, 5.41) is 4.53. The van der Waals surface area contributed by atoms with Crippen LogP contribution in [0.4, 0.5) is 0 Å². The van der Waals surface area contributed by atoms with Crippen molar-refractivity contribution in [2.24, 2.45) is 13.0 Å². The molecule has 1 aliphatic heterocycles. The van der Waals surface area contributed by atoms with Crippen molar-refractivity contribution >= 4 is 5.91 Å². The van der Waals surface area contributed by atoms with Crippen molar-refractivity contribution in [3.8, 4) is 0 Å². The van der Waals surface area contributed by atoms with Gasteiger partial charge in [-0.2, -0.15) is 5.10 Å². The summed E-state index contributed by atoms with van der Waals surface area (Å²) >= 11 is 0. The second-order valence-electron chi connectivity index (χ2n) is 7.88. The highest BCUT2D eigenvalue weighted by Gasteiger charge is 2.30. The van der Waals surface area contributed by atoms with Crippen LogP contribution in [-0.2, 0) is 19.9 Å². The molecule has 2 aromatic heterocycles. The maximum Gasteiger partial charge on any atom is 0.272 e. The Morgan fingerprint density at radius 3 is 2.88 bits per heavy atom. The number of likely N-dealkylation sites (tertiary alicyclic amines) is 1. The summed E-state index contributed by atoms with van der Waals surface area (Å²) in [7, 11) is 1.88. The SMILES string of the molecule is Cc1cc(CC[C@H]2CCCN2C(=O)c2cc(CC(C)C)nn2C)ccn1. The zero-order valence-corrected chi connectivity index (χ0v) is 16.4. The number of aryl methyl sites for hydroxylation is 3. The number of pyridine rings is 1. The van der Waals surface area contributed by atoms with Crippen LogP contribution in [0.2, 0.25) is 0 Å². The minimum absolute atomic E-state index is 0.128. The van der Waals surface area contributed by atoms with Gasteiger partial charge in [0.2, 0.25) is 0 Å². The first kappa shape index (κ1) is 18.6. The van der Waals surface area contributed by atoms with E-state index in [-0.39, 0.29) is 5.91 Å². The van der Waals surface area contributed by atoms with Gasteiger partial charge in [-0.05, 0) is 68.7 Å². The highest BCUT2D eigenvalue weighted by molar-refractivity contribution is 5.93. The molecule has 0 bridgehead atoms. The second-order valence-corrected chi connectivity index (χ2v) is 7.88. The molecule has 1 amide bonds. The number of carbonyl (C=O) groups excluding carboxylic acids is 1. The van der Waals surface area contributed by atoms with Crippen LogP contribution >= 0.6 is 0 Å². The van der Waals surface area contributed by atoms with Gasteiger partial charge in [-0.3, -0.25) is 14.5 Å². The van der Waals surface area contributed by atoms with E-state index in [1.165, 1.54) is 5.56 Å². The lowest BCUT2D eigenvalue weighted by Gasteiger charge is -2.24. The smallest absolute Gasteiger partial charge is 0.272 e. The molecule has 0 spiro atoms. The minimum Gasteiger partial charge on any atom is -0.334 e. The van der Waals surface area contributed by atoms with Crippen molar-refractivity contribution in [3.63, 3.8) is 0 Å². The number of rotatable bonds is 6. The maximum atomic E-state index is 13.1. The number of aromatic nitrogens is 3. The van der Waals surface area contributed by atoms with Crippen molar-refractivity contribution < 1.29 is 4.79 Å². The third kappa shape index (κ3) is 4.32.